The summed E-state index contributed by atoms with van der Waals surface area (Å²) in [4.78, 5) is 5.19. The quantitative estimate of drug-likeness (QED) is 0.748. The molecule has 0 spiro atoms. The zero-order valence-electron chi connectivity index (χ0n) is 12.0. The van der Waals surface area contributed by atoms with E-state index in [4.69, 9.17) is 9.68 Å². The Morgan fingerprint density at radius 2 is 2.09 bits per heavy atom. The summed E-state index contributed by atoms with van der Waals surface area (Å²) >= 11 is 1.60. The second-order valence-electron chi connectivity index (χ2n) is 4.67. The van der Waals surface area contributed by atoms with E-state index in [2.05, 4.69) is 10.3 Å². The first-order valence-electron chi connectivity index (χ1n) is 6.85. The molecular weight excluding hydrogens is 313 g/mol. The standard InChI is InChI=1S/C17H12FN3OS/c18-13-5-3-12(4-6-13)11-20-17-15(10-19)21-16(22-17)8-7-14-2-1-9-23-14/h1-9,20H,11H2/b8-7+. The molecule has 3 aromatic rings. The summed E-state index contributed by atoms with van der Waals surface area (Å²) in [6, 6.07) is 12.0. The number of thiophene rings is 1. The van der Waals surface area contributed by atoms with Gasteiger partial charge in [-0.1, -0.05) is 18.2 Å². The number of hydrogen-bond donors (Lipinski definition) is 1. The first-order chi connectivity index (χ1) is 11.2. The molecular formula is C17H12FN3OS. The minimum absolute atomic E-state index is 0.193. The van der Waals surface area contributed by atoms with Gasteiger partial charge in [0.25, 0.3) is 0 Å². The van der Waals surface area contributed by atoms with Crippen LogP contribution in [-0.2, 0) is 6.54 Å². The average Bonchev–Trinajstić information content (AvgIpc) is 3.21. The lowest BCUT2D eigenvalue weighted by Crippen LogP contribution is -1.99. The van der Waals surface area contributed by atoms with E-state index in [-0.39, 0.29) is 11.5 Å². The minimum Gasteiger partial charge on any atom is -0.420 e. The van der Waals surface area contributed by atoms with Crippen LogP contribution in [0.15, 0.2) is 46.2 Å². The Labute approximate surface area is 136 Å². The Morgan fingerprint density at radius 3 is 2.78 bits per heavy atom. The summed E-state index contributed by atoms with van der Waals surface area (Å²) in [6.45, 7) is 0.415. The lowest BCUT2D eigenvalue weighted by atomic mass is 10.2. The fourth-order valence-corrected chi connectivity index (χ4v) is 2.55. The molecule has 0 atom stereocenters. The highest BCUT2D eigenvalue weighted by Crippen LogP contribution is 2.20. The zero-order valence-corrected chi connectivity index (χ0v) is 12.8. The van der Waals surface area contributed by atoms with Crippen LogP contribution >= 0.6 is 11.3 Å². The van der Waals surface area contributed by atoms with Gasteiger partial charge >= 0.3 is 0 Å². The van der Waals surface area contributed by atoms with Crippen molar-refractivity contribution in [2.45, 2.75) is 6.54 Å². The van der Waals surface area contributed by atoms with Gasteiger partial charge in [0.2, 0.25) is 17.5 Å². The van der Waals surface area contributed by atoms with Gasteiger partial charge < -0.3 is 9.73 Å². The SMILES string of the molecule is N#Cc1nc(/C=C/c2cccs2)oc1NCc1ccc(F)cc1. The summed E-state index contributed by atoms with van der Waals surface area (Å²) in [5.41, 5.74) is 1.07. The molecule has 0 aliphatic heterocycles. The lowest BCUT2D eigenvalue weighted by molar-refractivity contribution is 0.557. The monoisotopic (exact) mass is 325 g/mol. The van der Waals surface area contributed by atoms with Gasteiger partial charge in [0.05, 0.1) is 0 Å². The Hall–Kier alpha value is -2.91. The largest absolute Gasteiger partial charge is 0.420 e. The highest BCUT2D eigenvalue weighted by atomic mass is 32.1. The number of benzene rings is 1. The van der Waals surface area contributed by atoms with Crippen LogP contribution in [0.1, 0.15) is 22.0 Å². The van der Waals surface area contributed by atoms with Crippen LogP contribution in [0, 0.1) is 17.1 Å². The molecule has 2 aromatic heterocycles. The van der Waals surface area contributed by atoms with E-state index >= 15 is 0 Å². The lowest BCUT2D eigenvalue weighted by Gasteiger charge is -2.02. The summed E-state index contributed by atoms with van der Waals surface area (Å²) < 4.78 is 18.4. The van der Waals surface area contributed by atoms with Gasteiger partial charge in [-0.15, -0.1) is 11.3 Å². The van der Waals surface area contributed by atoms with Crippen molar-refractivity contribution in [2.24, 2.45) is 0 Å². The van der Waals surface area contributed by atoms with Gasteiger partial charge in [-0.3, -0.25) is 0 Å². The second-order valence-corrected chi connectivity index (χ2v) is 5.65. The number of halogens is 1. The third kappa shape index (κ3) is 3.84. The number of oxazole rings is 1. The van der Waals surface area contributed by atoms with Crippen LogP contribution in [0.25, 0.3) is 12.2 Å². The fraction of sp³-hybridized carbons (Fsp3) is 0.0588. The van der Waals surface area contributed by atoms with Crippen molar-refractivity contribution in [3.05, 3.63) is 69.6 Å². The first kappa shape index (κ1) is 15.0. The Kier molecular flexibility index (Phi) is 4.50. The van der Waals surface area contributed by atoms with E-state index in [1.165, 1.54) is 12.1 Å². The molecule has 114 valence electrons. The normalized spacial score (nSPS) is 10.8. The second kappa shape index (κ2) is 6.90. The maximum atomic E-state index is 12.9. The van der Waals surface area contributed by atoms with Crippen LogP contribution in [0.3, 0.4) is 0 Å². The molecule has 1 N–H and O–H groups in total. The number of rotatable bonds is 5. The maximum Gasteiger partial charge on any atom is 0.232 e. The number of aromatic nitrogens is 1. The third-order valence-electron chi connectivity index (χ3n) is 3.05. The van der Waals surface area contributed by atoms with Gasteiger partial charge in [0.1, 0.15) is 11.9 Å². The highest BCUT2D eigenvalue weighted by Gasteiger charge is 2.11. The van der Waals surface area contributed by atoms with Crippen molar-refractivity contribution < 1.29 is 8.81 Å². The van der Waals surface area contributed by atoms with Crippen molar-refractivity contribution in [2.75, 3.05) is 5.32 Å². The predicted molar refractivity (Wildman–Crippen MR) is 88.2 cm³/mol. The molecule has 0 bridgehead atoms. The molecule has 0 aliphatic carbocycles. The van der Waals surface area contributed by atoms with Crippen LogP contribution in [0.4, 0.5) is 10.3 Å². The van der Waals surface area contributed by atoms with Crippen LogP contribution < -0.4 is 5.32 Å². The molecule has 0 aliphatic rings. The molecule has 6 heteroatoms. The molecule has 4 nitrogen and oxygen atoms in total. The average molecular weight is 325 g/mol. The molecule has 0 radical (unpaired) electrons. The van der Waals surface area contributed by atoms with Crippen LogP contribution in [0.5, 0.6) is 0 Å². The Bertz CT molecular complexity index is 845. The summed E-state index contributed by atoms with van der Waals surface area (Å²) in [5, 5.41) is 14.1. The van der Waals surface area contributed by atoms with Crippen LogP contribution in [0.2, 0.25) is 0 Å². The van der Waals surface area contributed by atoms with Gasteiger partial charge in [-0.2, -0.15) is 10.2 Å². The molecule has 1 aromatic carbocycles. The van der Waals surface area contributed by atoms with Crippen molar-refractivity contribution in [3.8, 4) is 6.07 Å². The number of anilines is 1. The van der Waals surface area contributed by atoms with Crippen molar-refractivity contribution >= 4 is 29.4 Å². The molecule has 0 amide bonds. The van der Waals surface area contributed by atoms with E-state index in [1.807, 2.05) is 29.7 Å². The molecule has 2 heterocycles. The van der Waals surface area contributed by atoms with E-state index in [0.717, 1.165) is 10.4 Å². The van der Waals surface area contributed by atoms with E-state index in [0.29, 0.717) is 18.3 Å². The predicted octanol–water partition coefficient (Wildman–Crippen LogP) is 4.53. The van der Waals surface area contributed by atoms with E-state index in [1.54, 1.807) is 29.5 Å². The zero-order chi connectivity index (χ0) is 16.1. The van der Waals surface area contributed by atoms with Crippen molar-refractivity contribution in [1.29, 1.82) is 5.26 Å². The number of nitriles is 1. The molecule has 0 saturated carbocycles. The fourth-order valence-electron chi connectivity index (χ4n) is 1.93. The minimum atomic E-state index is -0.285. The number of nitrogens with zero attached hydrogens (tertiary/aromatic N) is 2. The van der Waals surface area contributed by atoms with Gasteiger partial charge in [0.15, 0.2) is 0 Å². The topological polar surface area (TPSA) is 61.9 Å². The molecule has 0 unspecified atom stereocenters. The molecule has 0 saturated heterocycles. The highest BCUT2D eigenvalue weighted by molar-refractivity contribution is 7.10. The summed E-state index contributed by atoms with van der Waals surface area (Å²) in [5.74, 6) is 0.381. The summed E-state index contributed by atoms with van der Waals surface area (Å²) in [6.07, 6.45) is 3.59. The van der Waals surface area contributed by atoms with E-state index < -0.39 is 0 Å². The Morgan fingerprint density at radius 1 is 1.26 bits per heavy atom. The van der Waals surface area contributed by atoms with E-state index in [9.17, 15) is 4.39 Å². The van der Waals surface area contributed by atoms with Gasteiger partial charge in [0, 0.05) is 17.5 Å². The number of hydrogen-bond acceptors (Lipinski definition) is 5. The first-order valence-corrected chi connectivity index (χ1v) is 7.73. The number of nitrogens with one attached hydrogen (secondary N) is 1. The third-order valence-corrected chi connectivity index (χ3v) is 3.89. The molecule has 0 fully saturated rings. The Balaban J connectivity index is 1.71. The van der Waals surface area contributed by atoms with Crippen LogP contribution in [-0.4, -0.2) is 4.98 Å². The van der Waals surface area contributed by atoms with Gasteiger partial charge in [-0.25, -0.2) is 4.39 Å². The smallest absolute Gasteiger partial charge is 0.232 e. The van der Waals surface area contributed by atoms with Crippen molar-refractivity contribution in [3.63, 3.8) is 0 Å². The summed E-state index contributed by atoms with van der Waals surface area (Å²) in [7, 11) is 0. The molecule has 3 rings (SSSR count). The molecule has 23 heavy (non-hydrogen) atoms. The van der Waals surface area contributed by atoms with Gasteiger partial charge in [-0.05, 0) is 35.2 Å². The maximum absolute atomic E-state index is 12.9. The van der Waals surface area contributed by atoms with Crippen molar-refractivity contribution in [1.82, 2.24) is 4.98 Å².